The maximum atomic E-state index is 11.4. The average molecular weight is 204 g/mol. The lowest BCUT2D eigenvalue weighted by Gasteiger charge is -2.11. The van der Waals surface area contributed by atoms with Gasteiger partial charge in [0.2, 0.25) is 6.19 Å². The number of amides is 1. The van der Waals surface area contributed by atoms with Gasteiger partial charge >= 0.3 is 0 Å². The Kier molecular flexibility index (Phi) is 2.10. The minimum Gasteiger partial charge on any atom is -0.381 e. The lowest BCUT2D eigenvalue weighted by Crippen LogP contribution is -2.32. The molecule has 0 unspecified atom stereocenters. The summed E-state index contributed by atoms with van der Waals surface area (Å²) in [5.41, 5.74) is 7.04. The number of nitrogens with zero attached hydrogens (tertiary/aromatic N) is 3. The van der Waals surface area contributed by atoms with E-state index in [0.29, 0.717) is 24.4 Å². The molecule has 2 heterocycles. The SMILES string of the molecule is N#CN=C(N)c1n[nH]c2c1CCNC2=O. The standard InChI is InChI=1S/C8H8N6O/c9-3-12-7(10)5-4-1-2-11-8(15)6(4)14-13-5/h1-2H2,(H2,10,12)(H,11,15)(H,13,14). The van der Waals surface area contributed by atoms with Crippen LogP contribution in [0.25, 0.3) is 0 Å². The Morgan fingerprint density at radius 2 is 2.47 bits per heavy atom. The van der Waals surface area contributed by atoms with Crippen LogP contribution in [0.1, 0.15) is 21.7 Å². The molecular formula is C8H8N6O. The Balaban J connectivity index is 2.49. The first kappa shape index (κ1) is 9.21. The molecule has 0 fully saturated rings. The summed E-state index contributed by atoms with van der Waals surface area (Å²) in [5.74, 6) is -0.176. The van der Waals surface area contributed by atoms with Crippen molar-refractivity contribution in [1.29, 1.82) is 5.26 Å². The van der Waals surface area contributed by atoms with E-state index in [1.165, 1.54) is 0 Å². The van der Waals surface area contributed by atoms with Gasteiger partial charge in [-0.05, 0) is 6.42 Å². The molecule has 4 N–H and O–H groups in total. The number of aromatic nitrogens is 2. The van der Waals surface area contributed by atoms with Crippen molar-refractivity contribution in [3.63, 3.8) is 0 Å². The van der Waals surface area contributed by atoms with Crippen molar-refractivity contribution in [1.82, 2.24) is 15.5 Å². The highest BCUT2D eigenvalue weighted by molar-refractivity contribution is 6.02. The molecule has 1 amide bonds. The molecule has 1 aromatic heterocycles. The van der Waals surface area contributed by atoms with Crippen molar-refractivity contribution >= 4 is 11.7 Å². The van der Waals surface area contributed by atoms with Crippen LogP contribution in [0.2, 0.25) is 0 Å². The van der Waals surface area contributed by atoms with E-state index < -0.39 is 0 Å². The van der Waals surface area contributed by atoms with Crippen LogP contribution < -0.4 is 11.1 Å². The van der Waals surface area contributed by atoms with E-state index in [0.717, 1.165) is 5.56 Å². The van der Waals surface area contributed by atoms with Crippen LogP contribution in [-0.2, 0) is 6.42 Å². The van der Waals surface area contributed by atoms with Crippen LogP contribution in [0.5, 0.6) is 0 Å². The first-order valence-corrected chi connectivity index (χ1v) is 4.32. The zero-order valence-electron chi connectivity index (χ0n) is 7.74. The molecule has 0 saturated heterocycles. The predicted molar refractivity (Wildman–Crippen MR) is 51.0 cm³/mol. The number of nitriles is 1. The minimum absolute atomic E-state index is 0.0321. The normalized spacial score (nSPS) is 15.4. The molecular weight excluding hydrogens is 196 g/mol. The van der Waals surface area contributed by atoms with Crippen molar-refractivity contribution in [2.24, 2.45) is 10.7 Å². The van der Waals surface area contributed by atoms with Crippen molar-refractivity contribution in [2.45, 2.75) is 6.42 Å². The van der Waals surface area contributed by atoms with Gasteiger partial charge in [0.1, 0.15) is 11.4 Å². The quantitative estimate of drug-likeness (QED) is 0.305. The zero-order chi connectivity index (χ0) is 10.8. The number of amidine groups is 1. The van der Waals surface area contributed by atoms with Crippen molar-refractivity contribution < 1.29 is 4.79 Å². The van der Waals surface area contributed by atoms with Gasteiger partial charge < -0.3 is 11.1 Å². The van der Waals surface area contributed by atoms with E-state index in [-0.39, 0.29) is 11.7 Å². The first-order valence-electron chi connectivity index (χ1n) is 4.32. The number of aromatic amines is 1. The number of carbonyl (C=O) groups is 1. The smallest absolute Gasteiger partial charge is 0.269 e. The molecule has 2 rings (SSSR count). The third-order valence-electron chi connectivity index (χ3n) is 2.17. The van der Waals surface area contributed by atoms with Gasteiger partial charge in [0.05, 0.1) is 0 Å². The fraction of sp³-hybridized carbons (Fsp3) is 0.250. The Bertz CT molecular complexity index is 480. The molecule has 7 nitrogen and oxygen atoms in total. The Labute approximate surface area is 85.0 Å². The van der Waals surface area contributed by atoms with Crippen LogP contribution in [0.3, 0.4) is 0 Å². The molecule has 0 spiro atoms. The lowest BCUT2D eigenvalue weighted by atomic mass is 10.1. The summed E-state index contributed by atoms with van der Waals surface area (Å²) in [7, 11) is 0. The Morgan fingerprint density at radius 1 is 1.67 bits per heavy atom. The molecule has 1 aliphatic rings. The molecule has 0 aliphatic carbocycles. The largest absolute Gasteiger partial charge is 0.381 e. The molecule has 0 atom stereocenters. The molecule has 76 valence electrons. The molecule has 0 radical (unpaired) electrons. The molecule has 1 aromatic rings. The van der Waals surface area contributed by atoms with Gasteiger partial charge in [-0.2, -0.15) is 15.4 Å². The number of carbonyl (C=O) groups excluding carboxylic acids is 1. The topological polar surface area (TPSA) is 120 Å². The number of H-pyrrole nitrogens is 1. The fourth-order valence-electron chi connectivity index (χ4n) is 1.50. The van der Waals surface area contributed by atoms with Crippen molar-refractivity contribution in [3.8, 4) is 6.19 Å². The highest BCUT2D eigenvalue weighted by Crippen LogP contribution is 2.14. The fourth-order valence-corrected chi connectivity index (χ4v) is 1.50. The first-order chi connectivity index (χ1) is 7.24. The van der Waals surface area contributed by atoms with Crippen LogP contribution >= 0.6 is 0 Å². The summed E-state index contributed by atoms with van der Waals surface area (Å²) in [6, 6.07) is 0. The number of fused-ring (bicyclic) bond motifs is 1. The van der Waals surface area contributed by atoms with Gasteiger partial charge in [-0.3, -0.25) is 9.89 Å². The van der Waals surface area contributed by atoms with Crippen LogP contribution in [0.4, 0.5) is 0 Å². The van der Waals surface area contributed by atoms with Gasteiger partial charge in [0, 0.05) is 12.1 Å². The summed E-state index contributed by atoms with van der Waals surface area (Å²) in [4.78, 5) is 14.7. The lowest BCUT2D eigenvalue weighted by molar-refractivity contribution is 0.0941. The maximum absolute atomic E-state index is 11.4. The molecule has 7 heteroatoms. The van der Waals surface area contributed by atoms with Crippen LogP contribution in [0, 0.1) is 11.5 Å². The average Bonchev–Trinajstić information content (AvgIpc) is 2.63. The number of nitrogens with two attached hydrogens (primary N) is 1. The van der Waals surface area contributed by atoms with E-state index >= 15 is 0 Å². The van der Waals surface area contributed by atoms with Crippen molar-refractivity contribution in [2.75, 3.05) is 6.54 Å². The second-order valence-electron chi connectivity index (χ2n) is 3.03. The van der Waals surface area contributed by atoms with E-state index in [1.807, 2.05) is 0 Å². The Morgan fingerprint density at radius 3 is 3.20 bits per heavy atom. The van der Waals surface area contributed by atoms with Crippen LogP contribution in [-0.4, -0.2) is 28.5 Å². The van der Waals surface area contributed by atoms with Gasteiger partial charge in [-0.1, -0.05) is 0 Å². The second-order valence-corrected chi connectivity index (χ2v) is 3.03. The predicted octanol–water partition coefficient (Wildman–Crippen LogP) is -1.12. The summed E-state index contributed by atoms with van der Waals surface area (Å²) in [6.07, 6.45) is 2.22. The molecule has 1 aliphatic heterocycles. The third-order valence-corrected chi connectivity index (χ3v) is 2.17. The van der Waals surface area contributed by atoms with E-state index in [4.69, 9.17) is 11.0 Å². The van der Waals surface area contributed by atoms with Crippen LogP contribution in [0.15, 0.2) is 4.99 Å². The summed E-state index contributed by atoms with van der Waals surface area (Å²) < 4.78 is 0. The molecule has 0 bridgehead atoms. The molecule has 0 saturated carbocycles. The zero-order valence-corrected chi connectivity index (χ0v) is 7.74. The number of hydrogen-bond donors (Lipinski definition) is 3. The molecule has 15 heavy (non-hydrogen) atoms. The number of aliphatic imine (C=N–C) groups is 1. The summed E-state index contributed by atoms with van der Waals surface area (Å²) in [5, 5.41) is 17.5. The van der Waals surface area contributed by atoms with Gasteiger partial charge in [-0.15, -0.1) is 0 Å². The maximum Gasteiger partial charge on any atom is 0.269 e. The Hall–Kier alpha value is -2.36. The van der Waals surface area contributed by atoms with E-state index in [2.05, 4.69) is 20.5 Å². The number of rotatable bonds is 1. The third kappa shape index (κ3) is 1.42. The monoisotopic (exact) mass is 204 g/mol. The summed E-state index contributed by atoms with van der Waals surface area (Å²) >= 11 is 0. The van der Waals surface area contributed by atoms with E-state index in [1.54, 1.807) is 6.19 Å². The summed E-state index contributed by atoms with van der Waals surface area (Å²) in [6.45, 7) is 0.540. The minimum atomic E-state index is -0.209. The van der Waals surface area contributed by atoms with Gasteiger partial charge in [0.15, 0.2) is 5.84 Å². The number of hydrogen-bond acceptors (Lipinski definition) is 4. The van der Waals surface area contributed by atoms with Gasteiger partial charge in [0.25, 0.3) is 5.91 Å². The van der Waals surface area contributed by atoms with Gasteiger partial charge in [-0.25, -0.2) is 0 Å². The number of nitrogens with one attached hydrogen (secondary N) is 2. The highest BCUT2D eigenvalue weighted by atomic mass is 16.2. The highest BCUT2D eigenvalue weighted by Gasteiger charge is 2.24. The van der Waals surface area contributed by atoms with E-state index in [9.17, 15) is 4.79 Å². The van der Waals surface area contributed by atoms with Crippen molar-refractivity contribution in [3.05, 3.63) is 17.0 Å². The second kappa shape index (κ2) is 3.42. The molecule has 0 aromatic carbocycles.